The number of hydrogen-bond acceptors (Lipinski definition) is 7. The first-order valence-electron chi connectivity index (χ1n) is 11.0. The average Bonchev–Trinajstić information content (AvgIpc) is 3.06. The molecule has 1 aliphatic heterocycles. The molecule has 0 aromatic heterocycles. The number of carboxylic acids is 2. The van der Waals surface area contributed by atoms with Crippen molar-refractivity contribution < 1.29 is 39.0 Å². The fraction of sp³-hybridized carbons (Fsp3) is 0.619. The second kappa shape index (κ2) is 15.4. The van der Waals surface area contributed by atoms with E-state index in [9.17, 15) is 33.9 Å². The third kappa shape index (κ3) is 10.4. The fourth-order valence-electron chi connectivity index (χ4n) is 2.97. The Kier molecular flexibility index (Phi) is 13.8. The Morgan fingerprint density at radius 2 is 1.59 bits per heavy atom. The summed E-state index contributed by atoms with van der Waals surface area (Å²) < 4.78 is 0. The standard InChI is InChI=1S/C15H22N2O5.C6H13N3O3/c1-4-5-6-7-11(18)17(14(10(2)3)15(21)22)16-12(19)8-9-13(16)20;7-4(5(10)11)2-1-3-9-6(8)12/h8-10,14H,4-7H2,1-3H3,(H,21,22);4H,1-3,7H2,(H,10,11)(H3,8,9,12)/t14-;4-/m00/s1. The van der Waals surface area contributed by atoms with Crippen LogP contribution in [0.4, 0.5) is 4.79 Å². The maximum absolute atomic E-state index is 12.4. The molecular formula is C21H35N5O8. The molecule has 0 aromatic rings. The Labute approximate surface area is 198 Å². The predicted molar refractivity (Wildman–Crippen MR) is 121 cm³/mol. The molecule has 13 nitrogen and oxygen atoms in total. The van der Waals surface area contributed by atoms with Gasteiger partial charge in [0.05, 0.1) is 0 Å². The number of carbonyl (C=O) groups excluding carboxylic acids is 4. The van der Waals surface area contributed by atoms with Crippen molar-refractivity contribution in [3.8, 4) is 0 Å². The van der Waals surface area contributed by atoms with E-state index in [2.05, 4.69) is 5.32 Å². The molecule has 34 heavy (non-hydrogen) atoms. The van der Waals surface area contributed by atoms with E-state index < -0.39 is 53.7 Å². The molecule has 0 aromatic carbocycles. The van der Waals surface area contributed by atoms with Crippen LogP contribution in [0.2, 0.25) is 0 Å². The normalized spacial score (nSPS) is 14.3. The summed E-state index contributed by atoms with van der Waals surface area (Å²) in [5, 5.41) is 21.5. The van der Waals surface area contributed by atoms with Crippen LogP contribution in [0.5, 0.6) is 0 Å². The first-order valence-corrected chi connectivity index (χ1v) is 11.0. The molecule has 1 rings (SSSR count). The average molecular weight is 486 g/mol. The highest BCUT2D eigenvalue weighted by atomic mass is 16.4. The van der Waals surface area contributed by atoms with Crippen molar-refractivity contribution >= 4 is 35.7 Å². The molecule has 0 unspecified atom stereocenters. The van der Waals surface area contributed by atoms with Crippen LogP contribution in [-0.4, -0.2) is 74.6 Å². The molecule has 0 radical (unpaired) electrons. The van der Waals surface area contributed by atoms with Crippen LogP contribution in [0.1, 0.15) is 59.3 Å². The maximum atomic E-state index is 12.4. The molecule has 1 aliphatic rings. The summed E-state index contributed by atoms with van der Waals surface area (Å²) in [6, 6.07) is -2.74. The Bertz CT molecular complexity index is 765. The number of nitrogens with two attached hydrogens (primary N) is 2. The maximum Gasteiger partial charge on any atom is 0.328 e. The highest BCUT2D eigenvalue weighted by Gasteiger charge is 2.41. The van der Waals surface area contributed by atoms with E-state index in [4.69, 9.17) is 16.6 Å². The zero-order valence-corrected chi connectivity index (χ0v) is 19.7. The van der Waals surface area contributed by atoms with E-state index in [-0.39, 0.29) is 6.42 Å². The largest absolute Gasteiger partial charge is 0.480 e. The van der Waals surface area contributed by atoms with Gasteiger partial charge < -0.3 is 27.0 Å². The van der Waals surface area contributed by atoms with Crippen molar-refractivity contribution in [3.05, 3.63) is 12.2 Å². The van der Waals surface area contributed by atoms with E-state index in [0.717, 1.165) is 30.0 Å². The van der Waals surface area contributed by atoms with Crippen molar-refractivity contribution in [2.24, 2.45) is 17.4 Å². The molecule has 2 atom stereocenters. The van der Waals surface area contributed by atoms with Crippen molar-refractivity contribution in [2.75, 3.05) is 6.54 Å². The molecular weight excluding hydrogens is 450 g/mol. The number of carbonyl (C=O) groups is 6. The quantitative estimate of drug-likeness (QED) is 0.177. The fourth-order valence-corrected chi connectivity index (χ4v) is 2.97. The minimum atomic E-state index is -1.26. The molecule has 0 saturated carbocycles. The van der Waals surface area contributed by atoms with E-state index in [0.29, 0.717) is 30.8 Å². The van der Waals surface area contributed by atoms with Gasteiger partial charge in [0, 0.05) is 25.1 Å². The highest BCUT2D eigenvalue weighted by Crippen LogP contribution is 2.20. The predicted octanol–water partition coefficient (Wildman–Crippen LogP) is 0.191. The van der Waals surface area contributed by atoms with E-state index in [1.165, 1.54) is 0 Å². The highest BCUT2D eigenvalue weighted by molar-refractivity contribution is 6.13. The minimum absolute atomic E-state index is 0.0986. The summed E-state index contributed by atoms with van der Waals surface area (Å²) in [6.07, 6.45) is 5.32. The second-order valence-corrected chi connectivity index (χ2v) is 7.92. The number of imide groups is 1. The van der Waals surface area contributed by atoms with Gasteiger partial charge in [0.2, 0.25) is 5.91 Å². The number of aliphatic carboxylic acids is 2. The molecule has 1 heterocycles. The van der Waals surface area contributed by atoms with Gasteiger partial charge in [-0.3, -0.25) is 19.2 Å². The van der Waals surface area contributed by atoms with Gasteiger partial charge in [-0.05, 0) is 25.2 Å². The van der Waals surface area contributed by atoms with E-state index in [1.807, 2.05) is 6.92 Å². The third-order valence-corrected chi connectivity index (χ3v) is 4.71. The van der Waals surface area contributed by atoms with Crippen molar-refractivity contribution in [1.82, 2.24) is 15.3 Å². The summed E-state index contributed by atoms with van der Waals surface area (Å²) in [6.45, 7) is 5.59. The lowest BCUT2D eigenvalue weighted by atomic mass is 10.0. The number of primary amides is 1. The SMILES string of the molecule is CCCCCC(=O)N([C@H](C(=O)O)C(C)C)N1C(=O)C=CC1=O.NC(=O)NCCC[C@H](N)C(=O)O. The summed E-state index contributed by atoms with van der Waals surface area (Å²) >= 11 is 0. The van der Waals surface area contributed by atoms with Gasteiger partial charge in [-0.1, -0.05) is 33.6 Å². The lowest BCUT2D eigenvalue weighted by molar-refractivity contribution is -0.179. The summed E-state index contributed by atoms with van der Waals surface area (Å²) in [4.78, 5) is 68.0. The van der Waals surface area contributed by atoms with Crippen molar-refractivity contribution in [3.63, 3.8) is 0 Å². The number of unbranched alkanes of at least 4 members (excludes halogenated alkanes) is 2. The van der Waals surface area contributed by atoms with Gasteiger partial charge in [-0.2, -0.15) is 5.01 Å². The third-order valence-electron chi connectivity index (χ3n) is 4.71. The molecule has 13 heteroatoms. The summed E-state index contributed by atoms with van der Waals surface area (Å²) in [5.74, 6) is -4.64. The number of urea groups is 1. The lowest BCUT2D eigenvalue weighted by Crippen LogP contribution is -2.58. The van der Waals surface area contributed by atoms with Gasteiger partial charge in [-0.25, -0.2) is 14.6 Å². The second-order valence-electron chi connectivity index (χ2n) is 7.92. The molecule has 0 fully saturated rings. The van der Waals surface area contributed by atoms with Crippen LogP contribution >= 0.6 is 0 Å². The molecule has 5 amide bonds. The monoisotopic (exact) mass is 485 g/mol. The Morgan fingerprint density at radius 3 is 2.00 bits per heavy atom. The van der Waals surface area contributed by atoms with Gasteiger partial charge in [0.25, 0.3) is 11.8 Å². The molecule has 0 aliphatic carbocycles. The molecule has 0 spiro atoms. The molecule has 7 N–H and O–H groups in total. The van der Waals surface area contributed by atoms with Crippen LogP contribution < -0.4 is 16.8 Å². The number of hydrazine groups is 1. The summed E-state index contributed by atoms with van der Waals surface area (Å²) in [5.41, 5.74) is 9.96. The van der Waals surface area contributed by atoms with Gasteiger partial charge >= 0.3 is 18.0 Å². The van der Waals surface area contributed by atoms with Gasteiger partial charge in [0.15, 0.2) is 6.04 Å². The molecule has 0 saturated heterocycles. The van der Waals surface area contributed by atoms with E-state index >= 15 is 0 Å². The number of hydrogen-bond donors (Lipinski definition) is 5. The van der Waals surface area contributed by atoms with Crippen LogP contribution in [0, 0.1) is 5.92 Å². The van der Waals surface area contributed by atoms with Crippen LogP contribution in [0.25, 0.3) is 0 Å². The topological polar surface area (TPSA) is 213 Å². The number of carboxylic acid groups (broad SMARTS) is 2. The Morgan fingerprint density at radius 1 is 1.03 bits per heavy atom. The van der Waals surface area contributed by atoms with Crippen LogP contribution in [-0.2, 0) is 24.0 Å². The zero-order chi connectivity index (χ0) is 26.4. The van der Waals surface area contributed by atoms with Gasteiger partial charge in [0.1, 0.15) is 6.04 Å². The lowest BCUT2D eigenvalue weighted by Gasteiger charge is -2.36. The first-order chi connectivity index (χ1) is 15.8. The minimum Gasteiger partial charge on any atom is -0.480 e. The Balaban J connectivity index is 0.000000770. The Hall–Kier alpha value is -3.48. The number of nitrogens with one attached hydrogen (secondary N) is 1. The number of nitrogens with zero attached hydrogens (tertiary/aromatic N) is 2. The number of amides is 5. The van der Waals surface area contributed by atoms with Crippen LogP contribution in [0.3, 0.4) is 0 Å². The van der Waals surface area contributed by atoms with Crippen molar-refractivity contribution in [1.29, 1.82) is 0 Å². The van der Waals surface area contributed by atoms with Crippen LogP contribution in [0.15, 0.2) is 12.2 Å². The molecule has 192 valence electrons. The first kappa shape index (κ1) is 30.5. The molecule has 0 bridgehead atoms. The van der Waals surface area contributed by atoms with Crippen molar-refractivity contribution in [2.45, 2.75) is 71.4 Å². The van der Waals surface area contributed by atoms with Gasteiger partial charge in [-0.15, -0.1) is 0 Å². The zero-order valence-electron chi connectivity index (χ0n) is 19.7. The smallest absolute Gasteiger partial charge is 0.328 e. The number of rotatable bonds is 13. The summed E-state index contributed by atoms with van der Waals surface area (Å²) in [7, 11) is 0. The van der Waals surface area contributed by atoms with E-state index in [1.54, 1.807) is 13.8 Å².